The van der Waals surface area contributed by atoms with Gasteiger partial charge in [0.15, 0.2) is 0 Å². The maximum atomic E-state index is 3.69. The Morgan fingerprint density at radius 1 is 1.42 bits per heavy atom. The molecule has 1 unspecified atom stereocenters. The van der Waals surface area contributed by atoms with Crippen LogP contribution in [-0.2, 0) is 0 Å². The normalized spacial score (nSPS) is 20.7. The van der Waals surface area contributed by atoms with Gasteiger partial charge in [0.25, 0.3) is 0 Å². The second-order valence-electron chi connectivity index (χ2n) is 6.01. The smallest absolute Gasteiger partial charge is 0.0397 e. The molecule has 1 saturated heterocycles. The molecule has 1 aliphatic rings. The lowest BCUT2D eigenvalue weighted by Crippen LogP contribution is -2.38. The molecule has 1 aromatic rings. The molecule has 1 aliphatic heterocycles. The van der Waals surface area contributed by atoms with Gasteiger partial charge >= 0.3 is 0 Å². The second kappa shape index (κ2) is 6.76. The Labute approximate surface area is 125 Å². The molecule has 0 saturated carbocycles. The lowest BCUT2D eigenvalue weighted by molar-refractivity contribution is 0.436. The zero-order valence-electron chi connectivity index (χ0n) is 12.2. The molecule has 1 heterocycles. The predicted octanol–water partition coefficient (Wildman–Crippen LogP) is 3.97. The van der Waals surface area contributed by atoms with E-state index in [4.69, 9.17) is 0 Å². The third-order valence-electron chi connectivity index (χ3n) is 3.73. The van der Waals surface area contributed by atoms with Gasteiger partial charge in [-0.05, 0) is 56.0 Å². The molecule has 1 N–H and O–H groups in total. The van der Waals surface area contributed by atoms with E-state index in [2.05, 4.69) is 65.1 Å². The minimum absolute atomic E-state index is 0.616. The van der Waals surface area contributed by atoms with Gasteiger partial charge in [-0.25, -0.2) is 0 Å². The van der Waals surface area contributed by atoms with E-state index in [9.17, 15) is 0 Å². The van der Waals surface area contributed by atoms with Gasteiger partial charge in [0.2, 0.25) is 0 Å². The Balaban J connectivity index is 2.13. The number of nitrogens with one attached hydrogen (secondary N) is 1. The van der Waals surface area contributed by atoms with Crippen LogP contribution in [0.3, 0.4) is 0 Å². The van der Waals surface area contributed by atoms with Crippen molar-refractivity contribution >= 4 is 21.6 Å². The molecule has 0 spiro atoms. The first kappa shape index (κ1) is 14.9. The summed E-state index contributed by atoms with van der Waals surface area (Å²) < 4.78 is 1.17. The molecule has 0 radical (unpaired) electrons. The summed E-state index contributed by atoms with van der Waals surface area (Å²) in [4.78, 5) is 2.55. The van der Waals surface area contributed by atoms with Crippen molar-refractivity contribution in [2.24, 2.45) is 5.92 Å². The summed E-state index contributed by atoms with van der Waals surface area (Å²) >= 11 is 3.55. The first-order valence-electron chi connectivity index (χ1n) is 7.30. The third-order valence-corrected chi connectivity index (χ3v) is 4.23. The van der Waals surface area contributed by atoms with Crippen LogP contribution in [0.2, 0.25) is 0 Å². The molecule has 1 fully saturated rings. The number of anilines is 1. The van der Waals surface area contributed by atoms with Crippen molar-refractivity contribution < 1.29 is 0 Å². The van der Waals surface area contributed by atoms with Crippen LogP contribution >= 0.6 is 15.9 Å². The monoisotopic (exact) mass is 324 g/mol. The van der Waals surface area contributed by atoms with Gasteiger partial charge in [-0.3, -0.25) is 0 Å². The van der Waals surface area contributed by atoms with Gasteiger partial charge in [0.05, 0.1) is 0 Å². The molecular formula is C16H25BrN2. The maximum Gasteiger partial charge on any atom is 0.0397 e. The lowest BCUT2D eigenvalue weighted by atomic mass is 10.0. The average molecular weight is 325 g/mol. The van der Waals surface area contributed by atoms with Crippen molar-refractivity contribution in [2.75, 3.05) is 24.5 Å². The SMILES string of the molecule is Cc1cc(Br)ccc1N1CCCNC(CC(C)C)C1. The number of aryl methyl sites for hydroxylation is 1. The fourth-order valence-corrected chi connectivity index (χ4v) is 3.39. The van der Waals surface area contributed by atoms with Crippen LogP contribution in [0, 0.1) is 12.8 Å². The van der Waals surface area contributed by atoms with Gasteiger partial charge in [-0.2, -0.15) is 0 Å². The van der Waals surface area contributed by atoms with Crippen molar-refractivity contribution in [1.82, 2.24) is 5.32 Å². The standard InChI is InChI=1S/C16H25BrN2/c1-12(2)9-15-11-19(8-4-7-18-15)16-6-5-14(17)10-13(16)3/h5-6,10,12,15,18H,4,7-9,11H2,1-3H3. The molecule has 1 atom stereocenters. The fraction of sp³-hybridized carbons (Fsp3) is 0.625. The number of rotatable bonds is 3. The summed E-state index contributed by atoms with van der Waals surface area (Å²) in [7, 11) is 0. The van der Waals surface area contributed by atoms with E-state index in [1.54, 1.807) is 0 Å². The first-order valence-corrected chi connectivity index (χ1v) is 8.10. The highest BCUT2D eigenvalue weighted by Crippen LogP contribution is 2.25. The van der Waals surface area contributed by atoms with Crippen LogP contribution in [0.1, 0.15) is 32.3 Å². The average Bonchev–Trinajstić information content (AvgIpc) is 2.53. The Bertz CT molecular complexity index is 417. The molecular weight excluding hydrogens is 300 g/mol. The zero-order valence-corrected chi connectivity index (χ0v) is 13.8. The molecule has 3 heteroatoms. The van der Waals surface area contributed by atoms with Crippen molar-refractivity contribution in [1.29, 1.82) is 0 Å². The molecule has 0 aliphatic carbocycles. The Hall–Kier alpha value is -0.540. The summed E-state index contributed by atoms with van der Waals surface area (Å²) in [6.07, 6.45) is 2.48. The number of halogens is 1. The number of benzene rings is 1. The van der Waals surface area contributed by atoms with Gasteiger partial charge < -0.3 is 10.2 Å². The highest BCUT2D eigenvalue weighted by atomic mass is 79.9. The topological polar surface area (TPSA) is 15.3 Å². The van der Waals surface area contributed by atoms with Gasteiger partial charge in [0.1, 0.15) is 0 Å². The van der Waals surface area contributed by atoms with Crippen LogP contribution in [0.15, 0.2) is 22.7 Å². The Morgan fingerprint density at radius 3 is 2.89 bits per heavy atom. The maximum absolute atomic E-state index is 3.69. The Morgan fingerprint density at radius 2 is 2.21 bits per heavy atom. The van der Waals surface area contributed by atoms with Gasteiger partial charge in [-0.15, -0.1) is 0 Å². The molecule has 0 amide bonds. The summed E-state index contributed by atoms with van der Waals surface area (Å²) in [5, 5.41) is 3.69. The molecule has 2 rings (SSSR count). The number of hydrogen-bond acceptors (Lipinski definition) is 2. The van der Waals surface area contributed by atoms with Crippen molar-refractivity contribution in [2.45, 2.75) is 39.7 Å². The zero-order chi connectivity index (χ0) is 13.8. The minimum atomic E-state index is 0.616. The third kappa shape index (κ3) is 4.22. The van der Waals surface area contributed by atoms with Crippen LogP contribution in [0.5, 0.6) is 0 Å². The Kier molecular flexibility index (Phi) is 5.28. The van der Waals surface area contributed by atoms with Crippen molar-refractivity contribution in [3.63, 3.8) is 0 Å². The second-order valence-corrected chi connectivity index (χ2v) is 6.93. The van der Waals surface area contributed by atoms with E-state index in [0.717, 1.165) is 25.6 Å². The summed E-state index contributed by atoms with van der Waals surface area (Å²) in [6, 6.07) is 7.23. The van der Waals surface area contributed by atoms with E-state index in [1.165, 1.54) is 28.6 Å². The molecule has 2 nitrogen and oxygen atoms in total. The van der Waals surface area contributed by atoms with E-state index in [1.807, 2.05) is 0 Å². The molecule has 0 aromatic heterocycles. The largest absolute Gasteiger partial charge is 0.370 e. The lowest BCUT2D eigenvalue weighted by Gasteiger charge is -2.28. The quantitative estimate of drug-likeness (QED) is 0.904. The van der Waals surface area contributed by atoms with E-state index < -0.39 is 0 Å². The number of hydrogen-bond donors (Lipinski definition) is 1. The highest BCUT2D eigenvalue weighted by Gasteiger charge is 2.19. The van der Waals surface area contributed by atoms with E-state index in [0.29, 0.717) is 6.04 Å². The van der Waals surface area contributed by atoms with Crippen LogP contribution < -0.4 is 10.2 Å². The van der Waals surface area contributed by atoms with Crippen molar-refractivity contribution in [3.05, 3.63) is 28.2 Å². The van der Waals surface area contributed by atoms with Gasteiger partial charge in [-0.1, -0.05) is 29.8 Å². The van der Waals surface area contributed by atoms with E-state index in [-0.39, 0.29) is 0 Å². The first-order chi connectivity index (χ1) is 9.06. The summed E-state index contributed by atoms with van der Waals surface area (Å²) in [6.45, 7) is 10.2. The van der Waals surface area contributed by atoms with Crippen LogP contribution in [-0.4, -0.2) is 25.7 Å². The number of nitrogens with zero attached hydrogens (tertiary/aromatic N) is 1. The van der Waals surface area contributed by atoms with Crippen LogP contribution in [0.25, 0.3) is 0 Å². The molecule has 19 heavy (non-hydrogen) atoms. The van der Waals surface area contributed by atoms with Crippen LogP contribution in [0.4, 0.5) is 5.69 Å². The molecule has 0 bridgehead atoms. The van der Waals surface area contributed by atoms with E-state index >= 15 is 0 Å². The van der Waals surface area contributed by atoms with Crippen molar-refractivity contribution in [3.8, 4) is 0 Å². The predicted molar refractivity (Wildman–Crippen MR) is 87.0 cm³/mol. The summed E-state index contributed by atoms with van der Waals surface area (Å²) in [5.41, 5.74) is 2.75. The van der Waals surface area contributed by atoms with Gasteiger partial charge in [0, 0.05) is 29.3 Å². The minimum Gasteiger partial charge on any atom is -0.370 e. The summed E-state index contributed by atoms with van der Waals surface area (Å²) in [5.74, 6) is 0.753. The molecule has 1 aromatic carbocycles. The molecule has 106 valence electrons. The fourth-order valence-electron chi connectivity index (χ4n) is 2.92. The highest BCUT2D eigenvalue weighted by molar-refractivity contribution is 9.10.